The molecule has 0 aliphatic rings. The predicted molar refractivity (Wildman–Crippen MR) is 59.5 cm³/mol. The zero-order valence-corrected chi connectivity index (χ0v) is 9.20. The van der Waals surface area contributed by atoms with E-state index in [1.165, 1.54) is 6.07 Å². The third-order valence-electron chi connectivity index (χ3n) is 2.43. The molecule has 0 fully saturated rings. The zero-order valence-electron chi connectivity index (χ0n) is 9.20. The molecule has 0 aliphatic heterocycles. The molecule has 0 radical (unpaired) electrons. The minimum Gasteiger partial charge on any atom is -0.458 e. The molecule has 1 unspecified atom stereocenters. The Labute approximate surface area is 93.3 Å². The standard InChI is InChI=1S/C13H13FO2/c1-8-3-4-10(11(14)7-8)13-6-5-12(16-13)9(2)15/h3-7,9,15H,1-2H3. The van der Waals surface area contributed by atoms with E-state index in [2.05, 4.69) is 0 Å². The summed E-state index contributed by atoms with van der Waals surface area (Å²) in [6.07, 6.45) is -0.678. The smallest absolute Gasteiger partial charge is 0.137 e. The first kappa shape index (κ1) is 10.9. The molecule has 0 amide bonds. The molecule has 0 saturated carbocycles. The number of aliphatic hydroxyl groups excluding tert-OH is 1. The van der Waals surface area contributed by atoms with Crippen molar-refractivity contribution in [3.8, 4) is 11.3 Å². The summed E-state index contributed by atoms with van der Waals surface area (Å²) in [6, 6.07) is 8.27. The molecule has 1 heterocycles. The maximum atomic E-state index is 13.6. The fraction of sp³-hybridized carbons (Fsp3) is 0.231. The highest BCUT2D eigenvalue weighted by molar-refractivity contribution is 5.59. The van der Waals surface area contributed by atoms with Gasteiger partial charge in [-0.1, -0.05) is 6.07 Å². The van der Waals surface area contributed by atoms with Gasteiger partial charge in [0.15, 0.2) is 0 Å². The lowest BCUT2D eigenvalue weighted by atomic mass is 10.1. The normalized spacial score (nSPS) is 12.8. The molecule has 1 aromatic carbocycles. The van der Waals surface area contributed by atoms with E-state index in [0.29, 0.717) is 17.1 Å². The first-order valence-corrected chi connectivity index (χ1v) is 5.12. The van der Waals surface area contributed by atoms with Crippen LogP contribution in [0.25, 0.3) is 11.3 Å². The summed E-state index contributed by atoms with van der Waals surface area (Å²) >= 11 is 0. The number of rotatable bonds is 2. The van der Waals surface area contributed by atoms with Crippen molar-refractivity contribution in [1.29, 1.82) is 0 Å². The van der Waals surface area contributed by atoms with Crippen LogP contribution < -0.4 is 0 Å². The summed E-state index contributed by atoms with van der Waals surface area (Å²) in [5.74, 6) is 0.565. The molecule has 1 N–H and O–H groups in total. The highest BCUT2D eigenvalue weighted by Crippen LogP contribution is 2.27. The molecular weight excluding hydrogens is 207 g/mol. The highest BCUT2D eigenvalue weighted by atomic mass is 19.1. The number of aryl methyl sites for hydroxylation is 1. The number of furan rings is 1. The largest absolute Gasteiger partial charge is 0.458 e. The van der Waals surface area contributed by atoms with Crippen LogP contribution in [0.4, 0.5) is 4.39 Å². The molecule has 0 bridgehead atoms. The molecule has 2 aromatic rings. The molecule has 0 spiro atoms. The van der Waals surface area contributed by atoms with Gasteiger partial charge < -0.3 is 9.52 Å². The van der Waals surface area contributed by atoms with Crippen LogP contribution in [0, 0.1) is 12.7 Å². The van der Waals surface area contributed by atoms with Gasteiger partial charge >= 0.3 is 0 Å². The summed E-state index contributed by atoms with van der Waals surface area (Å²) in [5.41, 5.74) is 1.28. The molecule has 2 nitrogen and oxygen atoms in total. The Bertz CT molecular complexity index is 500. The lowest BCUT2D eigenvalue weighted by Crippen LogP contribution is -1.86. The van der Waals surface area contributed by atoms with E-state index in [0.717, 1.165) is 5.56 Å². The minimum absolute atomic E-state index is 0.313. The van der Waals surface area contributed by atoms with Crippen molar-refractivity contribution >= 4 is 0 Å². The van der Waals surface area contributed by atoms with Crippen LogP contribution >= 0.6 is 0 Å². The molecule has 1 atom stereocenters. The van der Waals surface area contributed by atoms with Crippen LogP contribution in [0.5, 0.6) is 0 Å². The Morgan fingerprint density at radius 3 is 2.56 bits per heavy atom. The van der Waals surface area contributed by atoms with Crippen LogP contribution in [0.15, 0.2) is 34.7 Å². The molecule has 1 aromatic heterocycles. The second-order valence-corrected chi connectivity index (χ2v) is 3.86. The second-order valence-electron chi connectivity index (χ2n) is 3.86. The van der Waals surface area contributed by atoms with E-state index in [1.807, 2.05) is 13.0 Å². The molecule has 0 aliphatic carbocycles. The van der Waals surface area contributed by atoms with E-state index in [9.17, 15) is 9.50 Å². The van der Waals surface area contributed by atoms with Gasteiger partial charge in [-0.05, 0) is 43.7 Å². The highest BCUT2D eigenvalue weighted by Gasteiger charge is 2.11. The van der Waals surface area contributed by atoms with E-state index in [-0.39, 0.29) is 5.82 Å². The van der Waals surface area contributed by atoms with Gasteiger partial charge in [0.25, 0.3) is 0 Å². The first-order valence-electron chi connectivity index (χ1n) is 5.12. The number of hydrogen-bond donors (Lipinski definition) is 1. The third kappa shape index (κ3) is 1.99. The van der Waals surface area contributed by atoms with Gasteiger partial charge in [-0.15, -0.1) is 0 Å². The molecule has 16 heavy (non-hydrogen) atoms. The summed E-state index contributed by atoms with van der Waals surface area (Å²) in [7, 11) is 0. The van der Waals surface area contributed by atoms with E-state index in [1.54, 1.807) is 25.1 Å². The monoisotopic (exact) mass is 220 g/mol. The Morgan fingerprint density at radius 1 is 1.25 bits per heavy atom. The molecule has 3 heteroatoms. The van der Waals surface area contributed by atoms with Gasteiger partial charge in [0.1, 0.15) is 23.4 Å². The fourth-order valence-corrected chi connectivity index (χ4v) is 1.54. The summed E-state index contributed by atoms with van der Waals surface area (Å²) in [6.45, 7) is 3.43. The number of aliphatic hydroxyl groups is 1. The van der Waals surface area contributed by atoms with Gasteiger partial charge in [0.05, 0.1) is 5.56 Å². The van der Waals surface area contributed by atoms with Crippen molar-refractivity contribution in [2.75, 3.05) is 0 Å². The Hall–Kier alpha value is -1.61. The van der Waals surface area contributed by atoms with E-state index >= 15 is 0 Å². The van der Waals surface area contributed by atoms with Gasteiger partial charge in [0.2, 0.25) is 0 Å². The SMILES string of the molecule is Cc1ccc(-c2ccc(C(C)O)o2)c(F)c1. The molecule has 2 rings (SSSR count). The van der Waals surface area contributed by atoms with Crippen molar-refractivity contribution in [1.82, 2.24) is 0 Å². The van der Waals surface area contributed by atoms with Crippen LogP contribution in [0.1, 0.15) is 24.4 Å². The Kier molecular flexibility index (Phi) is 2.79. The molecule has 0 saturated heterocycles. The zero-order chi connectivity index (χ0) is 11.7. The second kappa shape index (κ2) is 4.10. The van der Waals surface area contributed by atoms with Gasteiger partial charge in [0, 0.05) is 0 Å². The van der Waals surface area contributed by atoms with E-state index in [4.69, 9.17) is 4.42 Å². The Balaban J connectivity index is 2.42. The van der Waals surface area contributed by atoms with Crippen LogP contribution in [0.3, 0.4) is 0 Å². The summed E-state index contributed by atoms with van der Waals surface area (Å²) in [5, 5.41) is 9.31. The summed E-state index contributed by atoms with van der Waals surface area (Å²) in [4.78, 5) is 0. The van der Waals surface area contributed by atoms with Crippen LogP contribution in [-0.2, 0) is 0 Å². The van der Waals surface area contributed by atoms with Gasteiger partial charge in [-0.3, -0.25) is 0 Å². The topological polar surface area (TPSA) is 33.4 Å². The van der Waals surface area contributed by atoms with Crippen molar-refractivity contribution in [2.24, 2.45) is 0 Å². The lowest BCUT2D eigenvalue weighted by Gasteiger charge is -2.02. The van der Waals surface area contributed by atoms with Crippen molar-refractivity contribution in [3.05, 3.63) is 47.5 Å². The van der Waals surface area contributed by atoms with Gasteiger partial charge in [-0.25, -0.2) is 4.39 Å². The third-order valence-corrected chi connectivity index (χ3v) is 2.43. The van der Waals surface area contributed by atoms with Crippen molar-refractivity contribution in [3.63, 3.8) is 0 Å². The number of benzene rings is 1. The average molecular weight is 220 g/mol. The maximum Gasteiger partial charge on any atom is 0.137 e. The van der Waals surface area contributed by atoms with Crippen LogP contribution in [0.2, 0.25) is 0 Å². The fourth-order valence-electron chi connectivity index (χ4n) is 1.54. The number of hydrogen-bond acceptors (Lipinski definition) is 2. The lowest BCUT2D eigenvalue weighted by molar-refractivity contribution is 0.170. The van der Waals surface area contributed by atoms with Gasteiger partial charge in [-0.2, -0.15) is 0 Å². The predicted octanol–water partition coefficient (Wildman–Crippen LogP) is 3.45. The van der Waals surface area contributed by atoms with E-state index < -0.39 is 6.10 Å². The van der Waals surface area contributed by atoms with Crippen LogP contribution in [-0.4, -0.2) is 5.11 Å². The Morgan fingerprint density at radius 2 is 2.00 bits per heavy atom. The van der Waals surface area contributed by atoms with Crippen molar-refractivity contribution in [2.45, 2.75) is 20.0 Å². The molecule has 84 valence electrons. The average Bonchev–Trinajstić information content (AvgIpc) is 2.66. The maximum absolute atomic E-state index is 13.6. The first-order chi connectivity index (χ1) is 7.58. The summed E-state index contributed by atoms with van der Waals surface area (Å²) < 4.78 is 19.0. The molecular formula is C13H13FO2. The minimum atomic E-state index is -0.678. The number of halogens is 1. The quantitative estimate of drug-likeness (QED) is 0.840. The van der Waals surface area contributed by atoms with Crippen molar-refractivity contribution < 1.29 is 13.9 Å².